The van der Waals surface area contributed by atoms with Crippen LogP contribution < -0.4 is 10.2 Å². The van der Waals surface area contributed by atoms with E-state index in [-0.39, 0.29) is 5.54 Å². The van der Waals surface area contributed by atoms with E-state index in [1.807, 2.05) is 12.4 Å². The van der Waals surface area contributed by atoms with Gasteiger partial charge in [0.15, 0.2) is 0 Å². The first kappa shape index (κ1) is 12.3. The van der Waals surface area contributed by atoms with Crippen molar-refractivity contribution >= 4 is 5.95 Å². The molecule has 17 heavy (non-hydrogen) atoms. The van der Waals surface area contributed by atoms with Crippen LogP contribution in [0.15, 0.2) is 12.4 Å². The summed E-state index contributed by atoms with van der Waals surface area (Å²) in [6, 6.07) is 0. The topological polar surface area (TPSA) is 41.1 Å². The monoisotopic (exact) mass is 234 g/mol. The molecular weight excluding hydrogens is 212 g/mol. The lowest BCUT2D eigenvalue weighted by Crippen LogP contribution is -2.57. The fourth-order valence-corrected chi connectivity index (χ4v) is 2.24. The smallest absolute Gasteiger partial charge is 0.225 e. The summed E-state index contributed by atoms with van der Waals surface area (Å²) < 4.78 is 0. The van der Waals surface area contributed by atoms with Crippen LogP contribution in [0.25, 0.3) is 0 Å². The first-order valence-corrected chi connectivity index (χ1v) is 6.41. The highest BCUT2D eigenvalue weighted by molar-refractivity contribution is 5.32. The number of nitrogens with one attached hydrogen (secondary N) is 1. The van der Waals surface area contributed by atoms with Crippen molar-refractivity contribution in [2.45, 2.75) is 39.2 Å². The molecule has 0 bridgehead atoms. The Kier molecular flexibility index (Phi) is 3.62. The van der Waals surface area contributed by atoms with Crippen LogP contribution in [-0.4, -0.2) is 35.1 Å². The van der Waals surface area contributed by atoms with Crippen LogP contribution in [-0.2, 0) is 6.42 Å². The predicted octanol–water partition coefficient (Wildman–Crippen LogP) is 1.62. The van der Waals surface area contributed by atoms with Gasteiger partial charge in [-0.1, -0.05) is 13.3 Å². The number of hydrogen-bond donors (Lipinski definition) is 1. The number of aromatic nitrogens is 2. The summed E-state index contributed by atoms with van der Waals surface area (Å²) in [5.41, 5.74) is 1.37. The molecule has 1 N–H and O–H groups in total. The highest BCUT2D eigenvalue weighted by Crippen LogP contribution is 2.15. The van der Waals surface area contributed by atoms with Crippen molar-refractivity contribution in [2.24, 2.45) is 0 Å². The van der Waals surface area contributed by atoms with Crippen LogP contribution >= 0.6 is 0 Å². The Hall–Kier alpha value is -1.16. The molecular formula is C13H22N4. The van der Waals surface area contributed by atoms with E-state index in [1.54, 1.807) is 0 Å². The van der Waals surface area contributed by atoms with Crippen LogP contribution in [0.1, 0.15) is 32.8 Å². The molecule has 2 heterocycles. The third kappa shape index (κ3) is 3.16. The summed E-state index contributed by atoms with van der Waals surface area (Å²) in [5, 5.41) is 3.49. The molecule has 0 radical (unpaired) electrons. The van der Waals surface area contributed by atoms with Crippen molar-refractivity contribution < 1.29 is 0 Å². The summed E-state index contributed by atoms with van der Waals surface area (Å²) in [4.78, 5) is 11.2. The number of nitrogens with zero attached hydrogens (tertiary/aromatic N) is 3. The molecule has 1 aromatic heterocycles. The second kappa shape index (κ2) is 5.00. The SMILES string of the molecule is CCCc1cnc(N2CCNC(C)(C)C2)nc1. The molecule has 1 saturated heterocycles. The molecule has 0 unspecified atom stereocenters. The molecule has 0 aromatic carbocycles. The minimum absolute atomic E-state index is 0.143. The van der Waals surface area contributed by atoms with Gasteiger partial charge in [-0.2, -0.15) is 0 Å². The van der Waals surface area contributed by atoms with Gasteiger partial charge in [-0.05, 0) is 25.8 Å². The normalized spacial score (nSPS) is 19.4. The summed E-state index contributed by atoms with van der Waals surface area (Å²) in [7, 11) is 0. The molecule has 0 atom stereocenters. The second-order valence-electron chi connectivity index (χ2n) is 5.37. The van der Waals surface area contributed by atoms with E-state index >= 15 is 0 Å². The lowest BCUT2D eigenvalue weighted by molar-refractivity contribution is 0.350. The number of piperazine rings is 1. The van der Waals surface area contributed by atoms with Crippen molar-refractivity contribution in [1.82, 2.24) is 15.3 Å². The molecule has 0 aliphatic carbocycles. The van der Waals surface area contributed by atoms with Gasteiger partial charge in [0.05, 0.1) is 0 Å². The van der Waals surface area contributed by atoms with Crippen LogP contribution in [0.4, 0.5) is 5.95 Å². The maximum Gasteiger partial charge on any atom is 0.225 e. The van der Waals surface area contributed by atoms with Gasteiger partial charge in [0.25, 0.3) is 0 Å². The third-order valence-corrected chi connectivity index (χ3v) is 3.08. The fourth-order valence-electron chi connectivity index (χ4n) is 2.24. The Morgan fingerprint density at radius 3 is 2.65 bits per heavy atom. The minimum atomic E-state index is 0.143. The largest absolute Gasteiger partial charge is 0.338 e. The van der Waals surface area contributed by atoms with Gasteiger partial charge < -0.3 is 10.2 Å². The predicted molar refractivity (Wildman–Crippen MR) is 70.3 cm³/mol. The third-order valence-electron chi connectivity index (χ3n) is 3.08. The average molecular weight is 234 g/mol. The Bertz CT molecular complexity index is 358. The number of rotatable bonds is 3. The highest BCUT2D eigenvalue weighted by atomic mass is 15.3. The minimum Gasteiger partial charge on any atom is -0.338 e. The summed E-state index contributed by atoms with van der Waals surface area (Å²) >= 11 is 0. The van der Waals surface area contributed by atoms with E-state index < -0.39 is 0 Å². The Morgan fingerprint density at radius 2 is 2.06 bits per heavy atom. The number of hydrogen-bond acceptors (Lipinski definition) is 4. The zero-order chi connectivity index (χ0) is 12.3. The van der Waals surface area contributed by atoms with Crippen molar-refractivity contribution in [1.29, 1.82) is 0 Å². The van der Waals surface area contributed by atoms with E-state index in [2.05, 4.69) is 41.0 Å². The van der Waals surface area contributed by atoms with Crippen LogP contribution in [0, 0.1) is 0 Å². The summed E-state index contributed by atoms with van der Waals surface area (Å²) in [6.45, 7) is 9.53. The second-order valence-corrected chi connectivity index (χ2v) is 5.37. The molecule has 4 nitrogen and oxygen atoms in total. The van der Waals surface area contributed by atoms with Gasteiger partial charge in [0.2, 0.25) is 5.95 Å². The molecule has 1 aromatic rings. The maximum atomic E-state index is 4.47. The molecule has 0 saturated carbocycles. The highest BCUT2D eigenvalue weighted by Gasteiger charge is 2.26. The van der Waals surface area contributed by atoms with E-state index in [0.717, 1.165) is 38.4 Å². The van der Waals surface area contributed by atoms with Crippen molar-refractivity contribution in [3.63, 3.8) is 0 Å². The van der Waals surface area contributed by atoms with Gasteiger partial charge in [-0.25, -0.2) is 9.97 Å². The summed E-state index contributed by atoms with van der Waals surface area (Å²) in [5.74, 6) is 0.861. The number of aryl methyl sites for hydroxylation is 1. The van der Waals surface area contributed by atoms with E-state index in [9.17, 15) is 0 Å². The van der Waals surface area contributed by atoms with Crippen LogP contribution in [0.2, 0.25) is 0 Å². The Labute approximate surface area is 103 Å². The van der Waals surface area contributed by atoms with Crippen molar-refractivity contribution in [3.8, 4) is 0 Å². The maximum absolute atomic E-state index is 4.47. The summed E-state index contributed by atoms with van der Waals surface area (Å²) in [6.07, 6.45) is 6.12. The van der Waals surface area contributed by atoms with Gasteiger partial charge >= 0.3 is 0 Å². The van der Waals surface area contributed by atoms with E-state index in [4.69, 9.17) is 0 Å². The molecule has 1 aliphatic heterocycles. The Morgan fingerprint density at radius 1 is 1.35 bits per heavy atom. The first-order valence-electron chi connectivity index (χ1n) is 6.41. The molecule has 94 valence electrons. The van der Waals surface area contributed by atoms with Gasteiger partial charge in [0.1, 0.15) is 0 Å². The standard InChI is InChI=1S/C13H22N4/c1-4-5-11-8-14-12(15-9-11)17-7-6-16-13(2,3)10-17/h8-9,16H,4-7,10H2,1-3H3. The lowest BCUT2D eigenvalue weighted by Gasteiger charge is -2.39. The molecule has 2 rings (SSSR count). The van der Waals surface area contributed by atoms with Crippen LogP contribution in [0.5, 0.6) is 0 Å². The molecule has 1 aliphatic rings. The first-order chi connectivity index (χ1) is 8.11. The van der Waals surface area contributed by atoms with Crippen molar-refractivity contribution in [3.05, 3.63) is 18.0 Å². The fraction of sp³-hybridized carbons (Fsp3) is 0.692. The van der Waals surface area contributed by atoms with Crippen molar-refractivity contribution in [2.75, 3.05) is 24.5 Å². The molecule has 0 amide bonds. The Balaban J connectivity index is 2.06. The van der Waals surface area contributed by atoms with E-state index in [1.165, 1.54) is 5.56 Å². The zero-order valence-electron chi connectivity index (χ0n) is 11.0. The average Bonchev–Trinajstić information content (AvgIpc) is 2.29. The van der Waals surface area contributed by atoms with Gasteiger partial charge in [-0.3, -0.25) is 0 Å². The van der Waals surface area contributed by atoms with Crippen LogP contribution in [0.3, 0.4) is 0 Å². The lowest BCUT2D eigenvalue weighted by atomic mass is 10.0. The molecule has 4 heteroatoms. The van der Waals surface area contributed by atoms with E-state index in [0.29, 0.717) is 0 Å². The van der Waals surface area contributed by atoms with Gasteiger partial charge in [-0.15, -0.1) is 0 Å². The quantitative estimate of drug-likeness (QED) is 0.863. The van der Waals surface area contributed by atoms with Gasteiger partial charge in [0, 0.05) is 37.6 Å². The molecule has 0 spiro atoms. The zero-order valence-corrected chi connectivity index (χ0v) is 11.0. The number of anilines is 1. The molecule has 1 fully saturated rings.